The number of halogens is 1. The van der Waals surface area contributed by atoms with Gasteiger partial charge in [-0.1, -0.05) is 15.9 Å². The monoisotopic (exact) mass is 348 g/mol. The molecule has 0 spiro atoms. The van der Waals surface area contributed by atoms with Crippen LogP contribution in [0, 0.1) is 0 Å². The Bertz CT molecular complexity index is 542. The Balaban J connectivity index is 2.11. The molecule has 0 radical (unpaired) electrons. The first-order chi connectivity index (χ1) is 9.01. The van der Waals surface area contributed by atoms with Gasteiger partial charge < -0.3 is 10.1 Å². The van der Waals surface area contributed by atoms with Gasteiger partial charge in [-0.05, 0) is 31.5 Å². The molecule has 1 heterocycles. The summed E-state index contributed by atoms with van der Waals surface area (Å²) in [5.74, 6) is 0.508. The van der Waals surface area contributed by atoms with Crippen LogP contribution in [0.25, 0.3) is 0 Å². The minimum absolute atomic E-state index is 0.205. The number of ether oxygens (including phenoxy) is 1. The van der Waals surface area contributed by atoms with Crippen LogP contribution < -0.4 is 14.8 Å². The van der Waals surface area contributed by atoms with E-state index in [2.05, 4.69) is 26.0 Å². The van der Waals surface area contributed by atoms with Crippen molar-refractivity contribution in [2.75, 3.05) is 20.2 Å². The highest BCUT2D eigenvalue weighted by molar-refractivity contribution is 9.10. The van der Waals surface area contributed by atoms with E-state index in [1.165, 1.54) is 13.2 Å². The lowest BCUT2D eigenvalue weighted by atomic mass is 10.2. The summed E-state index contributed by atoms with van der Waals surface area (Å²) >= 11 is 3.28. The van der Waals surface area contributed by atoms with Crippen LogP contribution in [-0.2, 0) is 10.0 Å². The minimum Gasteiger partial charge on any atom is -0.497 e. The van der Waals surface area contributed by atoms with Gasteiger partial charge in [-0.15, -0.1) is 0 Å². The van der Waals surface area contributed by atoms with E-state index in [4.69, 9.17) is 4.74 Å². The Hall–Kier alpha value is -0.630. The summed E-state index contributed by atoms with van der Waals surface area (Å²) in [6, 6.07) is 5.02. The molecule has 1 aliphatic heterocycles. The molecule has 0 bridgehead atoms. The lowest BCUT2D eigenvalue weighted by molar-refractivity contribution is 0.413. The van der Waals surface area contributed by atoms with Gasteiger partial charge in [-0.3, -0.25) is 0 Å². The third kappa shape index (κ3) is 3.92. The average molecular weight is 349 g/mol. The maximum Gasteiger partial charge on any atom is 0.240 e. The summed E-state index contributed by atoms with van der Waals surface area (Å²) in [4.78, 5) is 0.205. The SMILES string of the molecule is COc1cc(Br)cc(S(=O)(=O)NCC2CCCN2)c1. The maximum atomic E-state index is 12.2. The molecule has 2 N–H and O–H groups in total. The highest BCUT2D eigenvalue weighted by Gasteiger charge is 2.20. The number of rotatable bonds is 5. The zero-order valence-corrected chi connectivity index (χ0v) is 13.1. The molecule has 7 heteroatoms. The second-order valence-electron chi connectivity index (χ2n) is 4.47. The van der Waals surface area contributed by atoms with Gasteiger partial charge in [-0.25, -0.2) is 13.1 Å². The van der Waals surface area contributed by atoms with Crippen LogP contribution in [0.3, 0.4) is 0 Å². The average Bonchev–Trinajstić information content (AvgIpc) is 2.89. The van der Waals surface area contributed by atoms with Crippen LogP contribution in [0.1, 0.15) is 12.8 Å². The van der Waals surface area contributed by atoms with Gasteiger partial charge in [0.25, 0.3) is 0 Å². The van der Waals surface area contributed by atoms with E-state index in [1.807, 2.05) is 0 Å². The molecule has 5 nitrogen and oxygen atoms in total. The van der Waals surface area contributed by atoms with Crippen molar-refractivity contribution in [2.24, 2.45) is 0 Å². The quantitative estimate of drug-likeness (QED) is 0.845. The molecule has 1 unspecified atom stereocenters. The fraction of sp³-hybridized carbons (Fsp3) is 0.500. The van der Waals surface area contributed by atoms with Crippen LogP contribution in [-0.4, -0.2) is 34.7 Å². The first kappa shape index (κ1) is 14.8. The summed E-state index contributed by atoms with van der Waals surface area (Å²) in [5.41, 5.74) is 0. The maximum absolute atomic E-state index is 12.2. The van der Waals surface area contributed by atoms with E-state index in [0.29, 0.717) is 16.8 Å². The second-order valence-corrected chi connectivity index (χ2v) is 7.15. The molecular weight excluding hydrogens is 332 g/mol. The largest absolute Gasteiger partial charge is 0.497 e. The van der Waals surface area contributed by atoms with E-state index in [9.17, 15) is 8.42 Å². The molecule has 0 aromatic heterocycles. The van der Waals surface area contributed by atoms with E-state index < -0.39 is 10.0 Å². The highest BCUT2D eigenvalue weighted by Crippen LogP contribution is 2.24. The molecule has 2 rings (SSSR count). The van der Waals surface area contributed by atoms with Gasteiger partial charge in [0.1, 0.15) is 5.75 Å². The number of nitrogens with one attached hydrogen (secondary N) is 2. The minimum atomic E-state index is -3.50. The summed E-state index contributed by atoms with van der Waals surface area (Å²) in [7, 11) is -1.99. The summed E-state index contributed by atoms with van der Waals surface area (Å²) < 4.78 is 32.8. The molecule has 0 amide bonds. The first-order valence-corrected chi connectivity index (χ1v) is 8.36. The topological polar surface area (TPSA) is 67.4 Å². The first-order valence-electron chi connectivity index (χ1n) is 6.09. The van der Waals surface area contributed by atoms with Gasteiger partial charge in [0.2, 0.25) is 10.0 Å². The standard InChI is InChI=1S/C12H17BrN2O3S/c1-18-11-5-9(13)6-12(7-11)19(16,17)15-8-10-3-2-4-14-10/h5-7,10,14-15H,2-4,8H2,1H3. The third-order valence-corrected chi connectivity index (χ3v) is 4.93. The summed E-state index contributed by atoms with van der Waals surface area (Å²) in [5, 5.41) is 3.25. The van der Waals surface area contributed by atoms with Crippen molar-refractivity contribution in [3.8, 4) is 5.75 Å². The van der Waals surface area contributed by atoms with E-state index in [0.717, 1.165) is 19.4 Å². The second kappa shape index (κ2) is 6.21. The number of hydrogen-bond donors (Lipinski definition) is 2. The molecule has 1 saturated heterocycles. The van der Waals surface area contributed by atoms with Gasteiger partial charge in [0, 0.05) is 23.1 Å². The molecular formula is C12H17BrN2O3S. The van der Waals surface area contributed by atoms with Crippen molar-refractivity contribution < 1.29 is 13.2 Å². The van der Waals surface area contributed by atoms with E-state index in [-0.39, 0.29) is 10.9 Å². The van der Waals surface area contributed by atoms with Crippen LogP contribution in [0.5, 0.6) is 5.75 Å². The normalized spacial score (nSPS) is 19.6. The van der Waals surface area contributed by atoms with Crippen LogP contribution in [0.4, 0.5) is 0 Å². The molecule has 1 fully saturated rings. The zero-order valence-electron chi connectivity index (χ0n) is 10.6. The van der Waals surface area contributed by atoms with Gasteiger partial charge in [0.05, 0.1) is 12.0 Å². The molecule has 19 heavy (non-hydrogen) atoms. The van der Waals surface area contributed by atoms with Gasteiger partial charge in [0.15, 0.2) is 0 Å². The van der Waals surface area contributed by atoms with Crippen molar-refractivity contribution >= 4 is 26.0 Å². The van der Waals surface area contributed by atoms with Crippen LogP contribution in [0.2, 0.25) is 0 Å². The predicted octanol–water partition coefficient (Wildman–Crippen LogP) is 1.49. The Labute approximate surface area is 121 Å². The molecule has 0 aliphatic carbocycles. The Kier molecular flexibility index (Phi) is 4.83. The smallest absolute Gasteiger partial charge is 0.240 e. The molecule has 1 aromatic carbocycles. The van der Waals surface area contributed by atoms with Crippen molar-refractivity contribution in [1.82, 2.24) is 10.0 Å². The molecule has 1 aromatic rings. The lowest BCUT2D eigenvalue weighted by Gasteiger charge is -2.13. The van der Waals surface area contributed by atoms with Crippen molar-refractivity contribution in [3.63, 3.8) is 0 Å². The van der Waals surface area contributed by atoms with Crippen molar-refractivity contribution in [3.05, 3.63) is 22.7 Å². The molecule has 1 aliphatic rings. The van der Waals surface area contributed by atoms with Crippen LogP contribution in [0.15, 0.2) is 27.6 Å². The highest BCUT2D eigenvalue weighted by atomic mass is 79.9. The lowest BCUT2D eigenvalue weighted by Crippen LogP contribution is -2.37. The van der Waals surface area contributed by atoms with Crippen molar-refractivity contribution in [2.45, 2.75) is 23.8 Å². The van der Waals surface area contributed by atoms with Gasteiger partial charge >= 0.3 is 0 Å². The number of benzene rings is 1. The Morgan fingerprint density at radius 1 is 1.47 bits per heavy atom. The Morgan fingerprint density at radius 3 is 2.89 bits per heavy atom. The molecule has 106 valence electrons. The van der Waals surface area contributed by atoms with Gasteiger partial charge in [-0.2, -0.15) is 0 Å². The molecule has 0 saturated carbocycles. The number of methoxy groups -OCH3 is 1. The molecule has 1 atom stereocenters. The fourth-order valence-corrected chi connectivity index (χ4v) is 3.80. The number of sulfonamides is 1. The van der Waals surface area contributed by atoms with Crippen LogP contribution >= 0.6 is 15.9 Å². The third-order valence-electron chi connectivity index (χ3n) is 3.07. The van der Waals surface area contributed by atoms with Crippen molar-refractivity contribution in [1.29, 1.82) is 0 Å². The number of hydrogen-bond acceptors (Lipinski definition) is 4. The summed E-state index contributed by atoms with van der Waals surface area (Å²) in [6.07, 6.45) is 2.10. The van der Waals surface area contributed by atoms with E-state index in [1.54, 1.807) is 12.1 Å². The zero-order chi connectivity index (χ0) is 13.9. The summed E-state index contributed by atoms with van der Waals surface area (Å²) in [6.45, 7) is 1.37. The predicted molar refractivity (Wildman–Crippen MR) is 76.9 cm³/mol. The fourth-order valence-electron chi connectivity index (χ4n) is 2.03. The Morgan fingerprint density at radius 2 is 2.26 bits per heavy atom. The van der Waals surface area contributed by atoms with E-state index >= 15 is 0 Å².